The number of benzene rings is 1. The predicted molar refractivity (Wildman–Crippen MR) is 112 cm³/mol. The zero-order valence-electron chi connectivity index (χ0n) is 16.3. The molecular weight excluding hydrogens is 390 g/mol. The molecule has 2 N–H and O–H groups in total. The second kappa shape index (κ2) is 13.4. The van der Waals surface area contributed by atoms with Crippen LogP contribution in [0.3, 0.4) is 0 Å². The highest BCUT2D eigenvalue weighted by molar-refractivity contribution is 6.30. The molecule has 0 saturated carbocycles. The topological polar surface area (TPSA) is 96.4 Å². The Morgan fingerprint density at radius 1 is 1.10 bits per heavy atom. The minimum atomic E-state index is -0.159. The van der Waals surface area contributed by atoms with Gasteiger partial charge in [-0.05, 0) is 43.5 Å². The molecule has 0 spiro atoms. The molecule has 0 bridgehead atoms. The van der Waals surface area contributed by atoms with Gasteiger partial charge in [-0.1, -0.05) is 24.6 Å². The van der Waals surface area contributed by atoms with Gasteiger partial charge in [0.1, 0.15) is 12.3 Å². The number of halogens is 1. The van der Waals surface area contributed by atoms with E-state index in [4.69, 9.17) is 21.6 Å². The van der Waals surface area contributed by atoms with Gasteiger partial charge in [-0.15, -0.1) is 0 Å². The van der Waals surface area contributed by atoms with Gasteiger partial charge < -0.3 is 15.2 Å². The molecule has 0 aliphatic carbocycles. The first kappa shape index (κ1) is 22.5. The number of aliphatic imine (C=N–C) groups is 1. The van der Waals surface area contributed by atoms with Crippen LogP contribution in [0.2, 0.25) is 5.02 Å². The maximum atomic E-state index is 10.6. The summed E-state index contributed by atoms with van der Waals surface area (Å²) in [6.07, 6.45) is 9.51. The molecule has 0 aliphatic heterocycles. The molecule has 29 heavy (non-hydrogen) atoms. The molecule has 1 aromatic carbocycles. The van der Waals surface area contributed by atoms with Crippen molar-refractivity contribution in [3.05, 3.63) is 53.8 Å². The lowest BCUT2D eigenvalue weighted by molar-refractivity contribution is -0.711. The van der Waals surface area contributed by atoms with Gasteiger partial charge in [-0.3, -0.25) is 10.3 Å². The summed E-state index contributed by atoms with van der Waals surface area (Å²) in [6, 6.07) is 11.0. The van der Waals surface area contributed by atoms with Crippen LogP contribution in [0.15, 0.2) is 53.8 Å². The van der Waals surface area contributed by atoms with Crippen LogP contribution in [0, 0.1) is 11.5 Å². The number of guanidine groups is 1. The number of nitrogens with one attached hydrogen (secondary N) is 2. The zero-order chi connectivity index (χ0) is 20.7. The van der Waals surface area contributed by atoms with Gasteiger partial charge in [-0.25, -0.2) is 4.57 Å². The fraction of sp³-hybridized carbons (Fsp3) is 0.381. The lowest BCUT2D eigenvalue weighted by Gasteiger charge is -2.08. The van der Waals surface area contributed by atoms with E-state index in [0.717, 1.165) is 37.1 Å². The minimum absolute atomic E-state index is 0.159. The number of ether oxygens (including phenoxy) is 1. The summed E-state index contributed by atoms with van der Waals surface area (Å²) in [7, 11) is 0. The molecule has 154 valence electrons. The molecule has 8 heteroatoms. The van der Waals surface area contributed by atoms with Crippen LogP contribution in [-0.4, -0.2) is 25.7 Å². The fourth-order valence-corrected chi connectivity index (χ4v) is 2.70. The second-order valence-electron chi connectivity index (χ2n) is 6.34. The number of hydrogen-bond donors (Lipinski definition) is 2. The number of rotatable bonds is 11. The first-order valence-corrected chi connectivity index (χ1v) is 10.0. The number of aromatic nitrogens is 1. The molecule has 0 fully saturated rings. The van der Waals surface area contributed by atoms with Crippen molar-refractivity contribution in [2.45, 2.75) is 32.2 Å². The summed E-state index contributed by atoms with van der Waals surface area (Å²) >= 11 is 5.84. The maximum Gasteiger partial charge on any atom is 0.209 e. The first-order valence-electron chi connectivity index (χ1n) is 9.63. The normalized spacial score (nSPS) is 11.0. The number of hydrogen-bond acceptors (Lipinski definition) is 4. The van der Waals surface area contributed by atoms with Crippen LogP contribution < -0.4 is 25.0 Å². The van der Waals surface area contributed by atoms with Gasteiger partial charge in [0.25, 0.3) is 0 Å². The van der Waals surface area contributed by atoms with Crippen molar-refractivity contribution in [2.75, 3.05) is 25.1 Å². The Balaban J connectivity index is 1.64. The maximum absolute atomic E-state index is 10.6. The Kier molecular flexibility index (Phi) is 10.4. The fourth-order valence-electron chi connectivity index (χ4n) is 2.57. The van der Waals surface area contributed by atoms with Crippen molar-refractivity contribution in [3.63, 3.8) is 0 Å². The van der Waals surface area contributed by atoms with Gasteiger partial charge in [0.05, 0.1) is 12.3 Å². The number of nitriles is 1. The summed E-state index contributed by atoms with van der Waals surface area (Å²) in [5.41, 5.74) is 0.799. The average Bonchev–Trinajstić information content (AvgIpc) is 2.73. The van der Waals surface area contributed by atoms with Crippen LogP contribution in [0.4, 0.5) is 5.69 Å². The summed E-state index contributed by atoms with van der Waals surface area (Å²) in [4.78, 5) is 4.41. The minimum Gasteiger partial charge on any atom is -0.850 e. The van der Waals surface area contributed by atoms with Crippen molar-refractivity contribution in [1.29, 1.82) is 5.26 Å². The van der Waals surface area contributed by atoms with Crippen molar-refractivity contribution in [1.82, 2.24) is 5.32 Å². The molecule has 1 heterocycles. The van der Waals surface area contributed by atoms with E-state index in [1.165, 1.54) is 0 Å². The molecule has 0 aliphatic rings. The highest BCUT2D eigenvalue weighted by Gasteiger charge is 2.02. The van der Waals surface area contributed by atoms with E-state index in [1.54, 1.807) is 0 Å². The number of nitrogens with zero attached hydrogens (tertiary/aromatic N) is 3. The molecule has 0 unspecified atom stereocenters. The average molecular weight is 416 g/mol. The largest absolute Gasteiger partial charge is 0.850 e. The quantitative estimate of drug-likeness (QED) is 0.147. The van der Waals surface area contributed by atoms with Gasteiger partial charge >= 0.3 is 0 Å². The predicted octanol–water partition coefficient (Wildman–Crippen LogP) is 2.47. The smallest absolute Gasteiger partial charge is 0.209 e. The molecule has 0 atom stereocenters. The third-order valence-corrected chi connectivity index (χ3v) is 4.33. The molecular formula is C21H26ClN5O2. The van der Waals surface area contributed by atoms with E-state index in [1.807, 2.05) is 59.6 Å². The molecule has 2 aromatic rings. The van der Waals surface area contributed by atoms with Gasteiger partial charge in [0.15, 0.2) is 18.6 Å². The SMILES string of the molecule is N#CNC(=NCCCCCCOc1ccc(Cl)cc1)Nc1cc[n+](CC[O-])cc1. The Morgan fingerprint density at radius 3 is 2.52 bits per heavy atom. The number of unbranched alkanes of at least 4 members (excludes halogenated alkanes) is 3. The van der Waals surface area contributed by atoms with Crippen LogP contribution in [0.25, 0.3) is 0 Å². The summed E-state index contributed by atoms with van der Waals surface area (Å²) in [5.74, 6) is 1.25. The van der Waals surface area contributed by atoms with E-state index in [9.17, 15) is 5.11 Å². The van der Waals surface area contributed by atoms with E-state index in [2.05, 4.69) is 15.6 Å². The third kappa shape index (κ3) is 9.28. The first-order chi connectivity index (χ1) is 14.2. The van der Waals surface area contributed by atoms with Crippen LogP contribution in [0.1, 0.15) is 25.7 Å². The van der Waals surface area contributed by atoms with Crippen LogP contribution >= 0.6 is 11.6 Å². The summed E-state index contributed by atoms with van der Waals surface area (Å²) in [6.45, 7) is 1.57. The molecule has 0 amide bonds. The Bertz CT molecular complexity index is 788. The van der Waals surface area contributed by atoms with Crippen molar-refractivity contribution >= 4 is 23.2 Å². The van der Waals surface area contributed by atoms with Crippen molar-refractivity contribution in [3.8, 4) is 11.9 Å². The van der Waals surface area contributed by atoms with Crippen LogP contribution in [-0.2, 0) is 6.54 Å². The lowest BCUT2D eigenvalue weighted by Crippen LogP contribution is -2.37. The van der Waals surface area contributed by atoms with Crippen molar-refractivity contribution in [2.24, 2.45) is 4.99 Å². The summed E-state index contributed by atoms with van der Waals surface area (Å²) in [5, 5.41) is 25.9. The number of pyridine rings is 1. The van der Waals surface area contributed by atoms with Crippen LogP contribution in [0.5, 0.6) is 5.75 Å². The summed E-state index contributed by atoms with van der Waals surface area (Å²) < 4.78 is 7.48. The van der Waals surface area contributed by atoms with Gasteiger partial charge in [-0.2, -0.15) is 5.26 Å². The second-order valence-corrected chi connectivity index (χ2v) is 6.77. The van der Waals surface area contributed by atoms with E-state index < -0.39 is 0 Å². The molecule has 1 aromatic heterocycles. The monoisotopic (exact) mass is 415 g/mol. The molecule has 0 radical (unpaired) electrons. The van der Waals surface area contributed by atoms with Crippen molar-refractivity contribution < 1.29 is 14.4 Å². The molecule has 7 nitrogen and oxygen atoms in total. The van der Waals surface area contributed by atoms with E-state index >= 15 is 0 Å². The highest BCUT2D eigenvalue weighted by Crippen LogP contribution is 2.16. The third-order valence-electron chi connectivity index (χ3n) is 4.08. The van der Waals surface area contributed by atoms with E-state index in [0.29, 0.717) is 30.7 Å². The Labute approximate surface area is 176 Å². The molecule has 0 saturated heterocycles. The van der Waals surface area contributed by atoms with Gasteiger partial charge in [0, 0.05) is 23.7 Å². The van der Waals surface area contributed by atoms with E-state index in [-0.39, 0.29) is 6.61 Å². The zero-order valence-corrected chi connectivity index (χ0v) is 17.1. The Hall–Kier alpha value is -2.82. The lowest BCUT2D eigenvalue weighted by atomic mass is 10.2. The Morgan fingerprint density at radius 2 is 1.83 bits per heavy atom. The van der Waals surface area contributed by atoms with Gasteiger partial charge in [0.2, 0.25) is 5.96 Å². The number of anilines is 1. The standard InChI is InChI=1S/C21H25ClN5O2/c22-18-5-7-20(8-6-18)29-16-4-2-1-3-11-24-21(25-17-23)26-19-9-12-27(13-10-19)14-15-28/h5-10,12-13H,1-4,11,14-16H2,(H,24,25)/q-1/p+1. The highest BCUT2D eigenvalue weighted by atomic mass is 35.5. The molecule has 2 rings (SSSR count).